The predicted octanol–water partition coefficient (Wildman–Crippen LogP) is 2.35. The second-order valence-corrected chi connectivity index (χ2v) is 6.22. The van der Waals surface area contributed by atoms with Crippen LogP contribution in [0.4, 0.5) is 0 Å². The lowest BCUT2D eigenvalue weighted by Gasteiger charge is -2.33. The molecule has 1 heterocycles. The van der Waals surface area contributed by atoms with Crippen LogP contribution in [0.5, 0.6) is 5.75 Å². The average Bonchev–Trinajstić information content (AvgIpc) is 2.63. The highest BCUT2D eigenvalue weighted by molar-refractivity contribution is 5.80. The summed E-state index contributed by atoms with van der Waals surface area (Å²) in [5.74, 6) is 1.71. The Hall–Kier alpha value is -2.24. The van der Waals surface area contributed by atoms with E-state index in [9.17, 15) is 4.79 Å². The van der Waals surface area contributed by atoms with Crippen molar-refractivity contribution < 1.29 is 14.3 Å². The number of carbonyl (C=O) groups is 1. The van der Waals surface area contributed by atoms with Crippen LogP contribution in [0.2, 0.25) is 0 Å². The molecule has 1 aromatic rings. The minimum atomic E-state index is -0.0706. The number of nitrogens with one attached hydrogen (secondary N) is 1. The smallest absolute Gasteiger partial charge is 0.309 e. The number of aliphatic imine (C=N–C) groups is 1. The van der Waals surface area contributed by atoms with Gasteiger partial charge < -0.3 is 19.7 Å². The molecule has 1 aromatic carbocycles. The monoisotopic (exact) mass is 347 g/mol. The molecular formula is C19H29N3O3. The van der Waals surface area contributed by atoms with Gasteiger partial charge in [-0.3, -0.25) is 9.79 Å². The van der Waals surface area contributed by atoms with E-state index in [0.29, 0.717) is 13.2 Å². The van der Waals surface area contributed by atoms with E-state index in [2.05, 4.69) is 27.3 Å². The Morgan fingerprint density at radius 2 is 2.08 bits per heavy atom. The van der Waals surface area contributed by atoms with Crippen molar-refractivity contribution in [1.29, 1.82) is 0 Å². The number of aryl methyl sites for hydroxylation is 1. The van der Waals surface area contributed by atoms with Gasteiger partial charge >= 0.3 is 5.97 Å². The van der Waals surface area contributed by atoms with Crippen LogP contribution < -0.4 is 10.1 Å². The third-order valence-corrected chi connectivity index (χ3v) is 4.54. The molecule has 6 nitrogen and oxygen atoms in total. The first-order chi connectivity index (χ1) is 12.1. The highest BCUT2D eigenvalue weighted by Gasteiger charge is 2.27. The molecule has 6 heteroatoms. The van der Waals surface area contributed by atoms with E-state index >= 15 is 0 Å². The van der Waals surface area contributed by atoms with Gasteiger partial charge in [0.05, 0.1) is 19.6 Å². The van der Waals surface area contributed by atoms with E-state index in [1.54, 1.807) is 14.2 Å². The first-order valence-electron chi connectivity index (χ1n) is 8.84. The number of likely N-dealkylation sites (tertiary alicyclic amines) is 1. The Bertz CT molecular complexity index is 608. The van der Waals surface area contributed by atoms with Crippen LogP contribution in [0, 0.1) is 12.8 Å². The van der Waals surface area contributed by atoms with Gasteiger partial charge in [-0.15, -0.1) is 0 Å². The van der Waals surface area contributed by atoms with Crippen LogP contribution in [0.25, 0.3) is 0 Å². The fraction of sp³-hybridized carbons (Fsp3) is 0.579. The van der Waals surface area contributed by atoms with Crippen molar-refractivity contribution in [2.24, 2.45) is 10.9 Å². The lowest BCUT2D eigenvalue weighted by atomic mass is 9.97. The zero-order chi connectivity index (χ0) is 18.2. The van der Waals surface area contributed by atoms with Gasteiger partial charge in [0.2, 0.25) is 0 Å². The van der Waals surface area contributed by atoms with Crippen molar-refractivity contribution in [2.45, 2.75) is 33.2 Å². The van der Waals surface area contributed by atoms with Crippen LogP contribution >= 0.6 is 0 Å². The number of methoxy groups -OCH3 is 1. The molecule has 0 aliphatic carbocycles. The van der Waals surface area contributed by atoms with E-state index in [1.165, 1.54) is 5.56 Å². The number of hydrogen-bond donors (Lipinski definition) is 1. The maximum Gasteiger partial charge on any atom is 0.309 e. The van der Waals surface area contributed by atoms with Crippen LogP contribution in [-0.4, -0.2) is 50.7 Å². The first kappa shape index (κ1) is 19.1. The number of carbonyl (C=O) groups excluding carboxylic acids is 1. The van der Waals surface area contributed by atoms with Gasteiger partial charge in [-0.1, -0.05) is 12.1 Å². The van der Waals surface area contributed by atoms with Crippen LogP contribution in [-0.2, 0) is 16.1 Å². The van der Waals surface area contributed by atoms with E-state index in [-0.39, 0.29) is 11.9 Å². The number of nitrogens with zero attached hydrogens (tertiary/aromatic N) is 2. The molecule has 2 rings (SSSR count). The number of rotatable bonds is 5. The number of guanidine groups is 1. The molecule has 0 spiro atoms. The highest BCUT2D eigenvalue weighted by Crippen LogP contribution is 2.20. The summed E-state index contributed by atoms with van der Waals surface area (Å²) in [7, 11) is 3.47. The van der Waals surface area contributed by atoms with Crippen molar-refractivity contribution in [3.63, 3.8) is 0 Å². The Balaban J connectivity index is 1.87. The Morgan fingerprint density at radius 1 is 1.36 bits per heavy atom. The molecule has 25 heavy (non-hydrogen) atoms. The summed E-state index contributed by atoms with van der Waals surface area (Å²) >= 11 is 0. The molecule has 0 atom stereocenters. The van der Waals surface area contributed by atoms with E-state index < -0.39 is 0 Å². The summed E-state index contributed by atoms with van der Waals surface area (Å²) in [5.41, 5.74) is 2.30. The molecule has 1 saturated heterocycles. The van der Waals surface area contributed by atoms with E-state index in [0.717, 1.165) is 43.2 Å². The zero-order valence-corrected chi connectivity index (χ0v) is 15.7. The van der Waals surface area contributed by atoms with Gasteiger partial charge in [0.15, 0.2) is 5.96 Å². The standard InChI is InChI=1S/C19H29N3O3/c1-5-25-18(23)16-8-10-22(11-9-16)19(20-3)21-13-15-6-7-17(24-4)14(2)12-15/h6-7,12,16H,5,8-11,13H2,1-4H3,(H,20,21). The topological polar surface area (TPSA) is 63.2 Å². The molecule has 0 amide bonds. The van der Waals surface area contributed by atoms with E-state index in [1.807, 2.05) is 19.9 Å². The van der Waals surface area contributed by atoms with Gasteiger partial charge in [-0.25, -0.2) is 0 Å². The largest absolute Gasteiger partial charge is 0.496 e. The maximum absolute atomic E-state index is 11.8. The van der Waals surface area contributed by atoms with Gasteiger partial charge in [0, 0.05) is 26.7 Å². The van der Waals surface area contributed by atoms with Crippen molar-refractivity contribution in [1.82, 2.24) is 10.2 Å². The Labute approximate surface area is 150 Å². The summed E-state index contributed by atoms with van der Waals surface area (Å²) in [4.78, 5) is 18.4. The number of benzene rings is 1. The van der Waals surface area contributed by atoms with Crippen molar-refractivity contribution in [3.8, 4) is 5.75 Å². The van der Waals surface area contributed by atoms with Crippen molar-refractivity contribution >= 4 is 11.9 Å². The van der Waals surface area contributed by atoms with Gasteiger partial charge in [0.25, 0.3) is 0 Å². The predicted molar refractivity (Wildman–Crippen MR) is 98.9 cm³/mol. The fourth-order valence-corrected chi connectivity index (χ4v) is 3.15. The molecule has 0 saturated carbocycles. The van der Waals surface area contributed by atoms with Crippen LogP contribution in [0.1, 0.15) is 30.9 Å². The average molecular weight is 347 g/mol. The molecule has 1 aliphatic rings. The summed E-state index contributed by atoms with van der Waals surface area (Å²) in [5, 5.41) is 3.41. The summed E-state index contributed by atoms with van der Waals surface area (Å²) < 4.78 is 10.4. The van der Waals surface area contributed by atoms with Gasteiger partial charge in [-0.05, 0) is 43.9 Å². The molecule has 0 bridgehead atoms. The normalized spacial score (nSPS) is 15.8. The quantitative estimate of drug-likeness (QED) is 0.503. The summed E-state index contributed by atoms with van der Waals surface area (Å²) in [6.07, 6.45) is 1.61. The lowest BCUT2D eigenvalue weighted by Crippen LogP contribution is -2.46. The minimum absolute atomic E-state index is 0.0125. The van der Waals surface area contributed by atoms with Crippen molar-refractivity contribution in [2.75, 3.05) is 33.9 Å². The lowest BCUT2D eigenvalue weighted by molar-refractivity contribution is -0.149. The number of esters is 1. The third kappa shape index (κ3) is 5.11. The number of piperidine rings is 1. The summed E-state index contributed by atoms with van der Waals surface area (Å²) in [6.45, 7) is 6.66. The minimum Gasteiger partial charge on any atom is -0.496 e. The first-order valence-corrected chi connectivity index (χ1v) is 8.84. The second kappa shape index (κ2) is 9.30. The van der Waals surface area contributed by atoms with Gasteiger partial charge in [0.1, 0.15) is 5.75 Å². The summed E-state index contributed by atoms with van der Waals surface area (Å²) in [6, 6.07) is 6.16. The fourth-order valence-electron chi connectivity index (χ4n) is 3.15. The Kier molecular flexibility index (Phi) is 7.10. The molecule has 0 aromatic heterocycles. The molecule has 138 valence electrons. The molecule has 1 fully saturated rings. The molecule has 0 unspecified atom stereocenters. The van der Waals surface area contributed by atoms with Gasteiger partial charge in [-0.2, -0.15) is 0 Å². The molecule has 0 radical (unpaired) electrons. The van der Waals surface area contributed by atoms with Crippen LogP contribution in [0.15, 0.2) is 23.2 Å². The SMILES string of the molecule is CCOC(=O)C1CCN(C(=NC)NCc2ccc(OC)c(C)c2)CC1. The molecule has 1 N–H and O–H groups in total. The second-order valence-electron chi connectivity index (χ2n) is 6.22. The third-order valence-electron chi connectivity index (χ3n) is 4.54. The maximum atomic E-state index is 11.8. The molecule has 1 aliphatic heterocycles. The highest BCUT2D eigenvalue weighted by atomic mass is 16.5. The van der Waals surface area contributed by atoms with Crippen molar-refractivity contribution in [3.05, 3.63) is 29.3 Å². The van der Waals surface area contributed by atoms with Crippen LogP contribution in [0.3, 0.4) is 0 Å². The number of hydrogen-bond acceptors (Lipinski definition) is 4. The zero-order valence-electron chi connectivity index (χ0n) is 15.7. The Morgan fingerprint density at radius 3 is 2.64 bits per heavy atom. The number of ether oxygens (including phenoxy) is 2. The van der Waals surface area contributed by atoms with E-state index in [4.69, 9.17) is 9.47 Å². The molecular weight excluding hydrogens is 318 g/mol.